The van der Waals surface area contributed by atoms with Crippen molar-refractivity contribution in [3.05, 3.63) is 56.1 Å². The summed E-state index contributed by atoms with van der Waals surface area (Å²) in [5, 5.41) is 0.638. The van der Waals surface area contributed by atoms with E-state index in [4.69, 9.17) is 4.42 Å². The molecule has 3 aromatic rings. The molecule has 0 saturated heterocycles. The first-order valence-electron chi connectivity index (χ1n) is 5.55. The molecule has 2 heterocycles. The summed E-state index contributed by atoms with van der Waals surface area (Å²) in [7, 11) is 0. The van der Waals surface area contributed by atoms with Crippen LogP contribution in [0.15, 0.2) is 38.5 Å². The number of hydrogen-bond donors (Lipinski definition) is 0. The minimum absolute atomic E-state index is 0.176. The molecule has 0 aliphatic heterocycles. The Hall–Kier alpha value is -1.46. The second-order valence-electron chi connectivity index (χ2n) is 4.13. The summed E-state index contributed by atoms with van der Waals surface area (Å²) >= 11 is 4.67. The van der Waals surface area contributed by atoms with Crippen LogP contribution < -0.4 is 0 Å². The number of fused-ring (bicyclic) bond motifs is 1. The molecule has 96 valence electrons. The van der Waals surface area contributed by atoms with Crippen LogP contribution in [0.25, 0.3) is 11.0 Å². The molecule has 3 rings (SSSR count). The lowest BCUT2D eigenvalue weighted by Crippen LogP contribution is -1.98. The molecule has 0 aliphatic rings. The molecule has 0 saturated carbocycles. The van der Waals surface area contributed by atoms with Crippen LogP contribution in [0.1, 0.15) is 21.0 Å². The molecule has 0 fully saturated rings. The van der Waals surface area contributed by atoms with E-state index in [9.17, 15) is 9.18 Å². The number of aryl methyl sites for hydroxylation is 1. The summed E-state index contributed by atoms with van der Waals surface area (Å²) in [6.07, 6.45) is 0. The number of carbonyl (C=O) groups is 1. The average molecular weight is 339 g/mol. The van der Waals surface area contributed by atoms with Crippen molar-refractivity contribution in [2.75, 3.05) is 0 Å². The molecular formula is C14H8BrFO2S. The summed E-state index contributed by atoms with van der Waals surface area (Å²) in [6, 6.07) is 7.80. The van der Waals surface area contributed by atoms with Gasteiger partial charge in [0.1, 0.15) is 11.4 Å². The lowest BCUT2D eigenvalue weighted by Gasteiger charge is -1.94. The van der Waals surface area contributed by atoms with Gasteiger partial charge in [0.2, 0.25) is 5.78 Å². The van der Waals surface area contributed by atoms with Crippen LogP contribution in [0.2, 0.25) is 0 Å². The molecule has 0 N–H and O–H groups in total. The number of ketones is 1. The second-order valence-corrected chi connectivity index (χ2v) is 6.59. The minimum Gasteiger partial charge on any atom is -0.452 e. The summed E-state index contributed by atoms with van der Waals surface area (Å²) in [5.41, 5.74) is 1.20. The zero-order valence-corrected chi connectivity index (χ0v) is 12.3. The number of carbonyl (C=O) groups excluding carboxylic acids is 1. The van der Waals surface area contributed by atoms with Gasteiger partial charge in [0.05, 0.1) is 8.66 Å². The molecule has 0 aliphatic carbocycles. The summed E-state index contributed by atoms with van der Waals surface area (Å²) in [6.45, 7) is 1.77. The molecule has 0 radical (unpaired) electrons. The predicted octanol–water partition coefficient (Wildman–Crippen LogP) is 4.94. The van der Waals surface area contributed by atoms with Crippen molar-refractivity contribution in [2.24, 2.45) is 0 Å². The van der Waals surface area contributed by atoms with Gasteiger partial charge < -0.3 is 4.42 Å². The van der Waals surface area contributed by atoms with E-state index in [0.717, 1.165) is 3.79 Å². The maximum atomic E-state index is 13.2. The smallest absolute Gasteiger partial charge is 0.238 e. The van der Waals surface area contributed by atoms with E-state index in [1.165, 1.54) is 23.5 Å². The zero-order valence-electron chi connectivity index (χ0n) is 9.87. The molecule has 0 amide bonds. The summed E-state index contributed by atoms with van der Waals surface area (Å²) < 4.78 is 19.7. The van der Waals surface area contributed by atoms with E-state index < -0.39 is 0 Å². The quantitative estimate of drug-likeness (QED) is 0.620. The van der Waals surface area contributed by atoms with E-state index in [1.54, 1.807) is 19.1 Å². The minimum atomic E-state index is -0.339. The Morgan fingerprint density at radius 3 is 2.79 bits per heavy atom. The van der Waals surface area contributed by atoms with E-state index in [2.05, 4.69) is 15.9 Å². The van der Waals surface area contributed by atoms with Gasteiger partial charge in [-0.15, -0.1) is 11.3 Å². The third-order valence-electron chi connectivity index (χ3n) is 2.90. The third-order valence-corrected chi connectivity index (χ3v) is 4.52. The second kappa shape index (κ2) is 4.58. The Labute approximate surface area is 121 Å². The lowest BCUT2D eigenvalue weighted by molar-refractivity contribution is 0.101. The predicted molar refractivity (Wildman–Crippen MR) is 76.4 cm³/mol. The Kier molecular flexibility index (Phi) is 3.03. The van der Waals surface area contributed by atoms with E-state index in [1.807, 2.05) is 6.07 Å². The Balaban J connectivity index is 2.15. The van der Waals surface area contributed by atoms with Gasteiger partial charge >= 0.3 is 0 Å². The van der Waals surface area contributed by atoms with Crippen LogP contribution in [-0.4, -0.2) is 5.78 Å². The highest BCUT2D eigenvalue weighted by atomic mass is 79.9. The van der Waals surface area contributed by atoms with Gasteiger partial charge in [-0.05, 0) is 53.2 Å². The van der Waals surface area contributed by atoms with Crippen LogP contribution >= 0.6 is 27.3 Å². The molecule has 1 aromatic carbocycles. The lowest BCUT2D eigenvalue weighted by atomic mass is 10.1. The number of rotatable bonds is 2. The van der Waals surface area contributed by atoms with Gasteiger partial charge in [0.15, 0.2) is 5.76 Å². The first kappa shape index (κ1) is 12.6. The van der Waals surface area contributed by atoms with Gasteiger partial charge in [0.25, 0.3) is 0 Å². The van der Waals surface area contributed by atoms with Gasteiger partial charge in [0, 0.05) is 10.9 Å². The van der Waals surface area contributed by atoms with Crippen LogP contribution in [0.4, 0.5) is 4.39 Å². The molecule has 0 spiro atoms. The number of hydrogen-bond acceptors (Lipinski definition) is 3. The SMILES string of the molecule is Cc1c(C(=O)c2ccc(Br)s2)oc2ccc(F)cc12. The topological polar surface area (TPSA) is 30.2 Å². The molecular weight excluding hydrogens is 331 g/mol. The standard InChI is InChI=1S/C14H8BrFO2S/c1-7-9-6-8(16)2-3-10(9)18-14(7)13(17)11-4-5-12(15)19-11/h2-6H,1H3. The number of thiophene rings is 1. The van der Waals surface area contributed by atoms with Crippen molar-refractivity contribution in [2.45, 2.75) is 6.92 Å². The Morgan fingerprint density at radius 2 is 2.11 bits per heavy atom. The van der Waals surface area contributed by atoms with Gasteiger partial charge in [-0.1, -0.05) is 0 Å². The zero-order chi connectivity index (χ0) is 13.6. The normalized spacial score (nSPS) is 11.1. The molecule has 0 unspecified atom stereocenters. The van der Waals surface area contributed by atoms with Crippen molar-refractivity contribution >= 4 is 44.0 Å². The highest BCUT2D eigenvalue weighted by Gasteiger charge is 2.20. The van der Waals surface area contributed by atoms with Gasteiger partial charge in [-0.25, -0.2) is 4.39 Å². The molecule has 19 heavy (non-hydrogen) atoms. The number of benzene rings is 1. The van der Waals surface area contributed by atoms with Gasteiger partial charge in [-0.2, -0.15) is 0 Å². The fraction of sp³-hybridized carbons (Fsp3) is 0.0714. The van der Waals surface area contributed by atoms with Gasteiger partial charge in [-0.3, -0.25) is 4.79 Å². The highest BCUT2D eigenvalue weighted by molar-refractivity contribution is 9.11. The maximum absolute atomic E-state index is 13.2. The summed E-state index contributed by atoms with van der Waals surface area (Å²) in [4.78, 5) is 12.9. The molecule has 5 heteroatoms. The molecule has 0 bridgehead atoms. The molecule has 0 atom stereocenters. The van der Waals surface area contributed by atoms with Crippen molar-refractivity contribution in [1.29, 1.82) is 0 Å². The van der Waals surface area contributed by atoms with E-state index >= 15 is 0 Å². The van der Waals surface area contributed by atoms with E-state index in [0.29, 0.717) is 21.4 Å². The van der Waals surface area contributed by atoms with Crippen molar-refractivity contribution in [3.63, 3.8) is 0 Å². The monoisotopic (exact) mass is 338 g/mol. The summed E-state index contributed by atoms with van der Waals surface area (Å²) in [5.74, 6) is -0.242. The van der Waals surface area contributed by atoms with E-state index in [-0.39, 0.29) is 17.4 Å². The van der Waals surface area contributed by atoms with Crippen LogP contribution in [0.5, 0.6) is 0 Å². The fourth-order valence-electron chi connectivity index (χ4n) is 1.96. The molecule has 2 nitrogen and oxygen atoms in total. The first-order chi connectivity index (χ1) is 9.06. The van der Waals surface area contributed by atoms with Crippen LogP contribution in [0.3, 0.4) is 0 Å². The third kappa shape index (κ3) is 2.13. The maximum Gasteiger partial charge on any atom is 0.238 e. The van der Waals surface area contributed by atoms with Crippen molar-refractivity contribution in [3.8, 4) is 0 Å². The number of halogens is 2. The van der Waals surface area contributed by atoms with Crippen LogP contribution in [-0.2, 0) is 0 Å². The Bertz CT molecular complexity index is 788. The fourth-order valence-corrected chi connectivity index (χ4v) is 3.28. The first-order valence-corrected chi connectivity index (χ1v) is 7.16. The number of furan rings is 1. The molecule has 2 aromatic heterocycles. The highest BCUT2D eigenvalue weighted by Crippen LogP contribution is 2.30. The Morgan fingerprint density at radius 1 is 1.32 bits per heavy atom. The average Bonchev–Trinajstić information content (AvgIpc) is 2.94. The van der Waals surface area contributed by atoms with Crippen molar-refractivity contribution in [1.82, 2.24) is 0 Å². The van der Waals surface area contributed by atoms with Crippen LogP contribution in [0, 0.1) is 12.7 Å². The largest absolute Gasteiger partial charge is 0.452 e. The van der Waals surface area contributed by atoms with Crippen molar-refractivity contribution < 1.29 is 13.6 Å².